The second-order valence-electron chi connectivity index (χ2n) is 11.0. The monoisotopic (exact) mass is 488 g/mol. The number of likely N-dealkylation sites (tertiary alicyclic amines) is 1. The number of benzene rings is 1. The fourth-order valence-corrected chi connectivity index (χ4v) is 6.50. The molecule has 4 atom stereocenters. The van der Waals surface area contributed by atoms with Gasteiger partial charge in [-0.25, -0.2) is 0 Å². The minimum absolute atomic E-state index is 0.00372. The molecule has 1 N–H and O–H groups in total. The van der Waals surface area contributed by atoms with Crippen molar-refractivity contribution in [2.75, 3.05) is 46.4 Å². The van der Waals surface area contributed by atoms with Crippen molar-refractivity contribution in [2.45, 2.75) is 31.5 Å². The smallest absolute Gasteiger partial charge is 0.258 e. The molecule has 1 amide bonds. The molecule has 1 aliphatic carbocycles. The molecule has 0 spiro atoms. The third-order valence-corrected chi connectivity index (χ3v) is 8.71. The predicted octanol–water partition coefficient (Wildman–Crippen LogP) is 2.17. The van der Waals surface area contributed by atoms with E-state index in [2.05, 4.69) is 22.9 Å². The zero-order valence-corrected chi connectivity index (χ0v) is 21.0. The molecule has 2 aromatic rings. The van der Waals surface area contributed by atoms with Crippen LogP contribution in [0.5, 0.6) is 0 Å². The molecule has 1 aromatic heterocycles. The van der Waals surface area contributed by atoms with E-state index >= 15 is 0 Å². The summed E-state index contributed by atoms with van der Waals surface area (Å²) in [6, 6.07) is 13.7. The van der Waals surface area contributed by atoms with Crippen molar-refractivity contribution in [3.8, 4) is 0 Å². The van der Waals surface area contributed by atoms with Crippen LogP contribution in [-0.2, 0) is 11.3 Å². The lowest BCUT2D eigenvalue weighted by atomic mass is 9.88. The highest BCUT2D eigenvalue weighted by Gasteiger charge is 2.56. The van der Waals surface area contributed by atoms with E-state index in [0.29, 0.717) is 18.0 Å². The topological polar surface area (TPSA) is 69.0 Å². The third kappa shape index (κ3) is 4.23. The number of carbonyl (C=O) groups excluding carboxylic acids is 1. The zero-order valence-electron chi connectivity index (χ0n) is 21.0. The minimum atomic E-state index is -0.310. The number of hydrogen-bond acceptors (Lipinski definition) is 5. The Bertz CT molecular complexity index is 1200. The molecule has 4 heterocycles. The van der Waals surface area contributed by atoms with Crippen LogP contribution >= 0.6 is 0 Å². The van der Waals surface area contributed by atoms with Gasteiger partial charge in [-0.2, -0.15) is 0 Å². The normalized spacial score (nSPS) is 28.6. The number of carbonyl (C=O) groups is 1. The van der Waals surface area contributed by atoms with Crippen molar-refractivity contribution in [1.82, 2.24) is 19.3 Å². The molecule has 190 valence electrons. The maximum Gasteiger partial charge on any atom is 0.258 e. The summed E-state index contributed by atoms with van der Waals surface area (Å²) in [6.45, 7) is 4.64. The first-order valence-corrected chi connectivity index (χ1v) is 13.4. The Kier molecular flexibility index (Phi) is 6.32. The van der Waals surface area contributed by atoms with Crippen molar-refractivity contribution in [1.29, 1.82) is 0 Å². The molecule has 0 radical (unpaired) electrons. The molecule has 4 aliphatic rings. The number of hydrogen-bond donors (Lipinski definition) is 1. The summed E-state index contributed by atoms with van der Waals surface area (Å²) in [6.07, 6.45) is 6.26. The van der Waals surface area contributed by atoms with Crippen molar-refractivity contribution < 1.29 is 9.90 Å². The summed E-state index contributed by atoms with van der Waals surface area (Å²) < 4.78 is 1.90. The first-order valence-electron chi connectivity index (χ1n) is 13.4. The van der Waals surface area contributed by atoms with Crippen LogP contribution < -0.4 is 5.56 Å². The molecule has 3 aliphatic heterocycles. The Balaban J connectivity index is 1.32. The number of piperazine rings is 1. The second-order valence-corrected chi connectivity index (χ2v) is 11.0. The van der Waals surface area contributed by atoms with E-state index in [-0.39, 0.29) is 42.0 Å². The summed E-state index contributed by atoms with van der Waals surface area (Å²) in [5, 5.41) is 10.5. The Hall–Kier alpha value is -2.74. The van der Waals surface area contributed by atoms with Crippen LogP contribution in [0.2, 0.25) is 0 Å². The number of aliphatic hydroxyl groups excluding tert-OH is 1. The van der Waals surface area contributed by atoms with Gasteiger partial charge in [0, 0.05) is 69.0 Å². The average Bonchev–Trinajstić information content (AvgIpc) is 3.56. The highest BCUT2D eigenvalue weighted by Crippen LogP contribution is 2.51. The summed E-state index contributed by atoms with van der Waals surface area (Å²) in [4.78, 5) is 34.0. The van der Waals surface area contributed by atoms with E-state index < -0.39 is 0 Å². The van der Waals surface area contributed by atoms with Crippen LogP contribution in [0.1, 0.15) is 35.7 Å². The van der Waals surface area contributed by atoms with Gasteiger partial charge in [-0.05, 0) is 49.6 Å². The predicted molar refractivity (Wildman–Crippen MR) is 140 cm³/mol. The summed E-state index contributed by atoms with van der Waals surface area (Å²) in [5.41, 5.74) is 2.73. The largest absolute Gasteiger partial charge is 0.396 e. The van der Waals surface area contributed by atoms with Crippen LogP contribution in [0, 0.1) is 17.8 Å². The van der Waals surface area contributed by atoms with Gasteiger partial charge < -0.3 is 19.5 Å². The van der Waals surface area contributed by atoms with Crippen LogP contribution in [0.4, 0.5) is 0 Å². The SMILES string of the molecule is CN1CCN(C(=O)[C@H]2[C@H](CO)[C@H]3Cn4c(ccc(C=Cc5ccccc5)c4=O)[C@H]3N2CC2CC2)CC1. The Morgan fingerprint density at radius 1 is 1.03 bits per heavy atom. The highest BCUT2D eigenvalue weighted by atomic mass is 16.3. The molecule has 1 saturated carbocycles. The zero-order chi connectivity index (χ0) is 24.8. The fourth-order valence-electron chi connectivity index (χ4n) is 6.50. The van der Waals surface area contributed by atoms with Crippen LogP contribution in [-0.4, -0.2) is 82.7 Å². The standard InChI is InChI=1S/C29H36N4O3/c1-30-13-15-31(16-14-30)29(36)27-24(19-34)23-18-32-25(26(23)33(27)17-21-7-8-21)12-11-22(28(32)35)10-9-20-5-3-2-4-6-20/h2-6,9-12,21,23-24,26-27,34H,7-8,13-19H2,1H3/t23-,24-,26+,27-/m1/s1. The van der Waals surface area contributed by atoms with Gasteiger partial charge >= 0.3 is 0 Å². The van der Waals surface area contributed by atoms with Crippen molar-refractivity contribution in [2.24, 2.45) is 17.8 Å². The van der Waals surface area contributed by atoms with Crippen LogP contribution in [0.15, 0.2) is 47.3 Å². The van der Waals surface area contributed by atoms with Gasteiger partial charge in [0.25, 0.3) is 5.56 Å². The first-order chi connectivity index (χ1) is 17.5. The molecule has 7 nitrogen and oxygen atoms in total. The fraction of sp³-hybridized carbons (Fsp3) is 0.517. The molecule has 0 bridgehead atoms. The Morgan fingerprint density at radius 3 is 2.47 bits per heavy atom. The van der Waals surface area contributed by atoms with E-state index in [0.717, 1.165) is 44.0 Å². The van der Waals surface area contributed by atoms with Gasteiger partial charge in [-0.15, -0.1) is 0 Å². The molecule has 2 saturated heterocycles. The minimum Gasteiger partial charge on any atom is -0.396 e. The molecular formula is C29H36N4O3. The van der Waals surface area contributed by atoms with E-state index in [1.807, 2.05) is 58.0 Å². The van der Waals surface area contributed by atoms with Gasteiger partial charge in [-0.1, -0.05) is 36.4 Å². The lowest BCUT2D eigenvalue weighted by Crippen LogP contribution is -2.55. The molecule has 0 unspecified atom stereocenters. The molecule has 6 rings (SSSR count). The molecule has 1 aromatic carbocycles. The molecular weight excluding hydrogens is 452 g/mol. The van der Waals surface area contributed by atoms with Crippen LogP contribution in [0.25, 0.3) is 12.2 Å². The number of rotatable bonds is 6. The number of pyridine rings is 1. The van der Waals surface area contributed by atoms with E-state index in [4.69, 9.17) is 0 Å². The Labute approximate surface area is 212 Å². The number of fused-ring (bicyclic) bond motifs is 3. The van der Waals surface area contributed by atoms with Crippen molar-refractivity contribution in [3.63, 3.8) is 0 Å². The number of aromatic nitrogens is 1. The first kappa shape index (κ1) is 23.6. The number of aliphatic hydroxyl groups is 1. The number of amides is 1. The van der Waals surface area contributed by atoms with Crippen molar-refractivity contribution >= 4 is 18.1 Å². The molecule has 3 fully saturated rings. The summed E-state index contributed by atoms with van der Waals surface area (Å²) in [7, 11) is 2.09. The summed E-state index contributed by atoms with van der Waals surface area (Å²) >= 11 is 0. The highest BCUT2D eigenvalue weighted by molar-refractivity contribution is 5.83. The van der Waals surface area contributed by atoms with E-state index in [1.165, 1.54) is 12.8 Å². The molecule has 36 heavy (non-hydrogen) atoms. The van der Waals surface area contributed by atoms with Gasteiger partial charge in [0.05, 0.1) is 12.1 Å². The summed E-state index contributed by atoms with van der Waals surface area (Å²) in [5.74, 6) is 0.674. The van der Waals surface area contributed by atoms with E-state index in [9.17, 15) is 14.7 Å². The molecule has 7 heteroatoms. The van der Waals surface area contributed by atoms with Gasteiger partial charge in [-0.3, -0.25) is 14.5 Å². The van der Waals surface area contributed by atoms with Gasteiger partial charge in [0.1, 0.15) is 0 Å². The Morgan fingerprint density at radius 2 is 1.78 bits per heavy atom. The third-order valence-electron chi connectivity index (χ3n) is 8.71. The lowest BCUT2D eigenvalue weighted by molar-refractivity contribution is -0.140. The number of likely N-dealkylation sites (N-methyl/N-ethyl adjacent to an activating group) is 1. The maximum atomic E-state index is 13.8. The lowest BCUT2D eigenvalue weighted by Gasteiger charge is -2.38. The number of nitrogens with zero attached hydrogens (tertiary/aromatic N) is 4. The van der Waals surface area contributed by atoms with Crippen LogP contribution in [0.3, 0.4) is 0 Å². The van der Waals surface area contributed by atoms with Crippen molar-refractivity contribution in [3.05, 3.63) is 69.6 Å². The van der Waals surface area contributed by atoms with E-state index in [1.54, 1.807) is 0 Å². The van der Waals surface area contributed by atoms with Gasteiger partial charge in [0.2, 0.25) is 5.91 Å². The average molecular weight is 489 g/mol. The maximum absolute atomic E-state index is 13.8. The quantitative estimate of drug-likeness (QED) is 0.675. The van der Waals surface area contributed by atoms with Gasteiger partial charge in [0.15, 0.2) is 0 Å². The second kappa shape index (κ2) is 9.61.